The lowest BCUT2D eigenvalue weighted by Crippen LogP contribution is -2.50. The van der Waals surface area contributed by atoms with Crippen LogP contribution in [-0.4, -0.2) is 77.2 Å². The molecule has 0 saturated carbocycles. The number of carbonyl (C=O) groups is 2. The summed E-state index contributed by atoms with van der Waals surface area (Å²) in [7, 11) is 0. The molecule has 2 aliphatic heterocycles. The first kappa shape index (κ1) is 18.7. The van der Waals surface area contributed by atoms with Crippen molar-refractivity contribution in [3.05, 3.63) is 40.7 Å². The highest BCUT2D eigenvalue weighted by Crippen LogP contribution is 2.17. The molecule has 1 saturated heterocycles. The Labute approximate surface area is 173 Å². The second-order valence-electron chi connectivity index (χ2n) is 7.97. The number of amides is 2. The van der Waals surface area contributed by atoms with E-state index in [9.17, 15) is 9.59 Å². The number of aryl methyl sites for hydroxylation is 4. The molecule has 2 aliphatic rings. The lowest BCUT2D eigenvalue weighted by molar-refractivity contribution is 0.0525. The van der Waals surface area contributed by atoms with Gasteiger partial charge in [0.1, 0.15) is 0 Å². The molecule has 10 heteroatoms. The smallest absolute Gasteiger partial charge is 0.293 e. The standard InChI is InChI=1S/C20H24N8O2/c1-13-11-14(2)28-20(21-13)22-17(24-28)19(30)26-9-7-25(8-10-26)18(29)16-12-15-5-3-4-6-27(15)23-16/h11-12H,3-10H2,1-2H3. The molecule has 2 amide bonds. The Hall–Kier alpha value is -3.30. The zero-order chi connectivity index (χ0) is 20.8. The molecule has 0 unspecified atom stereocenters. The van der Waals surface area contributed by atoms with Crippen molar-refractivity contribution in [3.8, 4) is 0 Å². The number of nitrogens with zero attached hydrogens (tertiary/aromatic N) is 8. The summed E-state index contributed by atoms with van der Waals surface area (Å²) in [6.45, 7) is 6.49. The van der Waals surface area contributed by atoms with Crippen LogP contribution < -0.4 is 0 Å². The van der Waals surface area contributed by atoms with E-state index in [4.69, 9.17) is 0 Å². The molecule has 5 heterocycles. The molecule has 10 nitrogen and oxygen atoms in total. The van der Waals surface area contributed by atoms with Gasteiger partial charge in [0.15, 0.2) is 5.69 Å². The molecule has 30 heavy (non-hydrogen) atoms. The van der Waals surface area contributed by atoms with E-state index < -0.39 is 0 Å². The maximum absolute atomic E-state index is 12.9. The molecular weight excluding hydrogens is 384 g/mol. The van der Waals surface area contributed by atoms with Gasteiger partial charge in [-0.1, -0.05) is 0 Å². The molecule has 5 rings (SSSR count). The Morgan fingerprint density at radius 2 is 1.60 bits per heavy atom. The molecule has 1 fully saturated rings. The highest BCUT2D eigenvalue weighted by Gasteiger charge is 2.29. The van der Waals surface area contributed by atoms with Crippen molar-refractivity contribution in [1.82, 2.24) is 39.2 Å². The summed E-state index contributed by atoms with van der Waals surface area (Å²) in [5.74, 6) is 0.262. The van der Waals surface area contributed by atoms with Gasteiger partial charge in [0, 0.05) is 49.8 Å². The summed E-state index contributed by atoms with van der Waals surface area (Å²) in [5, 5.41) is 8.81. The minimum absolute atomic E-state index is 0.0647. The summed E-state index contributed by atoms with van der Waals surface area (Å²) >= 11 is 0. The predicted molar refractivity (Wildman–Crippen MR) is 107 cm³/mol. The van der Waals surface area contributed by atoms with Crippen LogP contribution in [0.25, 0.3) is 5.78 Å². The third-order valence-electron chi connectivity index (χ3n) is 5.80. The van der Waals surface area contributed by atoms with Gasteiger partial charge in [-0.15, -0.1) is 5.10 Å². The number of carbonyl (C=O) groups excluding carboxylic acids is 2. The molecule has 0 radical (unpaired) electrons. The molecule has 3 aromatic heterocycles. The number of piperazine rings is 1. The second kappa shape index (κ2) is 7.19. The van der Waals surface area contributed by atoms with Crippen molar-refractivity contribution >= 4 is 17.6 Å². The summed E-state index contributed by atoms with van der Waals surface area (Å²) in [6, 6.07) is 3.81. The number of aromatic nitrogens is 6. The second-order valence-corrected chi connectivity index (χ2v) is 7.97. The fourth-order valence-electron chi connectivity index (χ4n) is 4.20. The van der Waals surface area contributed by atoms with Crippen molar-refractivity contribution in [2.24, 2.45) is 0 Å². The summed E-state index contributed by atoms with van der Waals surface area (Å²) < 4.78 is 3.53. The average molecular weight is 408 g/mol. The lowest BCUT2D eigenvalue weighted by Gasteiger charge is -2.33. The van der Waals surface area contributed by atoms with E-state index in [-0.39, 0.29) is 17.6 Å². The Bertz CT molecular complexity index is 1120. The topological polar surface area (TPSA) is 102 Å². The normalized spacial score (nSPS) is 16.7. The summed E-state index contributed by atoms with van der Waals surface area (Å²) in [4.78, 5) is 37.9. The predicted octanol–water partition coefficient (Wildman–Crippen LogP) is 0.872. The van der Waals surface area contributed by atoms with Crippen LogP contribution in [0.4, 0.5) is 0 Å². The van der Waals surface area contributed by atoms with E-state index in [0.29, 0.717) is 37.7 Å². The minimum Gasteiger partial charge on any atom is -0.334 e. The largest absolute Gasteiger partial charge is 0.334 e. The van der Waals surface area contributed by atoms with E-state index >= 15 is 0 Å². The molecule has 0 bridgehead atoms. The number of hydrogen-bond donors (Lipinski definition) is 0. The van der Waals surface area contributed by atoms with Gasteiger partial charge in [-0.05, 0) is 45.2 Å². The van der Waals surface area contributed by atoms with Crippen molar-refractivity contribution in [3.63, 3.8) is 0 Å². The molecule has 0 aromatic carbocycles. The van der Waals surface area contributed by atoms with Gasteiger partial charge in [0.25, 0.3) is 17.6 Å². The third kappa shape index (κ3) is 3.21. The summed E-state index contributed by atoms with van der Waals surface area (Å²) in [5.41, 5.74) is 3.35. The molecular formula is C20H24N8O2. The first-order valence-corrected chi connectivity index (χ1v) is 10.4. The van der Waals surface area contributed by atoms with Crippen molar-refractivity contribution in [2.45, 2.75) is 39.7 Å². The Balaban J connectivity index is 1.26. The van der Waals surface area contributed by atoms with Crippen LogP contribution in [0.2, 0.25) is 0 Å². The first-order chi connectivity index (χ1) is 14.5. The van der Waals surface area contributed by atoms with Gasteiger partial charge < -0.3 is 9.80 Å². The number of rotatable bonds is 2. The quantitative estimate of drug-likeness (QED) is 0.624. The molecule has 0 atom stereocenters. The lowest BCUT2D eigenvalue weighted by atomic mass is 10.1. The Morgan fingerprint density at radius 1 is 0.867 bits per heavy atom. The van der Waals surface area contributed by atoms with Crippen LogP contribution >= 0.6 is 0 Å². The van der Waals surface area contributed by atoms with Gasteiger partial charge in [-0.3, -0.25) is 14.3 Å². The zero-order valence-electron chi connectivity index (χ0n) is 17.2. The summed E-state index contributed by atoms with van der Waals surface area (Å²) in [6.07, 6.45) is 3.23. The Morgan fingerprint density at radius 3 is 2.33 bits per heavy atom. The maximum Gasteiger partial charge on any atom is 0.293 e. The van der Waals surface area contributed by atoms with Crippen molar-refractivity contribution < 1.29 is 9.59 Å². The van der Waals surface area contributed by atoms with Gasteiger partial charge in [-0.25, -0.2) is 9.50 Å². The first-order valence-electron chi connectivity index (χ1n) is 10.4. The van der Waals surface area contributed by atoms with Gasteiger partial charge >= 0.3 is 0 Å². The van der Waals surface area contributed by atoms with Crippen LogP contribution in [0.3, 0.4) is 0 Å². The maximum atomic E-state index is 12.9. The Kier molecular flexibility index (Phi) is 4.48. The van der Waals surface area contributed by atoms with Crippen LogP contribution in [-0.2, 0) is 13.0 Å². The SMILES string of the molecule is Cc1cc(C)n2nc(C(=O)N3CCN(C(=O)c4cc5n(n4)CCCC5)CC3)nc2n1. The van der Waals surface area contributed by atoms with E-state index in [2.05, 4.69) is 20.2 Å². The van der Waals surface area contributed by atoms with Crippen molar-refractivity contribution in [1.29, 1.82) is 0 Å². The van der Waals surface area contributed by atoms with Crippen LogP contribution in [0.1, 0.15) is 51.0 Å². The highest BCUT2D eigenvalue weighted by atomic mass is 16.2. The molecule has 0 N–H and O–H groups in total. The molecule has 156 valence electrons. The van der Waals surface area contributed by atoms with Crippen molar-refractivity contribution in [2.75, 3.05) is 26.2 Å². The van der Waals surface area contributed by atoms with Crippen LogP contribution in [0.5, 0.6) is 0 Å². The van der Waals surface area contributed by atoms with Crippen LogP contribution in [0, 0.1) is 13.8 Å². The monoisotopic (exact) mass is 408 g/mol. The number of fused-ring (bicyclic) bond motifs is 2. The average Bonchev–Trinajstić information content (AvgIpc) is 3.37. The van der Waals surface area contributed by atoms with E-state index in [1.54, 1.807) is 14.3 Å². The van der Waals surface area contributed by atoms with E-state index in [1.165, 1.54) is 0 Å². The minimum atomic E-state index is -0.234. The fraction of sp³-hybridized carbons (Fsp3) is 0.500. The van der Waals surface area contributed by atoms with Gasteiger partial charge in [0.05, 0.1) is 0 Å². The highest BCUT2D eigenvalue weighted by molar-refractivity contribution is 5.93. The van der Waals surface area contributed by atoms with Gasteiger partial charge in [0.2, 0.25) is 5.82 Å². The van der Waals surface area contributed by atoms with E-state index in [1.807, 2.05) is 30.7 Å². The third-order valence-corrected chi connectivity index (χ3v) is 5.80. The fourth-order valence-corrected chi connectivity index (χ4v) is 4.20. The number of hydrogen-bond acceptors (Lipinski definition) is 6. The van der Waals surface area contributed by atoms with Crippen LogP contribution in [0.15, 0.2) is 12.1 Å². The molecule has 3 aromatic rings. The molecule has 0 aliphatic carbocycles. The zero-order valence-corrected chi connectivity index (χ0v) is 17.2. The molecule has 0 spiro atoms. The van der Waals surface area contributed by atoms with Gasteiger partial charge in [-0.2, -0.15) is 10.1 Å². The van der Waals surface area contributed by atoms with E-state index in [0.717, 1.165) is 42.9 Å².